The Bertz CT molecular complexity index is 833. The summed E-state index contributed by atoms with van der Waals surface area (Å²) in [5.74, 6) is -3.02. The van der Waals surface area contributed by atoms with Crippen LogP contribution in [0.1, 0.15) is 23.3 Å². The number of hydrogen-bond acceptors (Lipinski definition) is 7. The Hall–Kier alpha value is -2.33. The van der Waals surface area contributed by atoms with Crippen molar-refractivity contribution in [2.45, 2.75) is 24.6 Å². The molecule has 144 valence electrons. The van der Waals surface area contributed by atoms with Crippen LogP contribution in [0.2, 0.25) is 0 Å². The lowest BCUT2D eigenvalue weighted by atomic mass is 9.97. The van der Waals surface area contributed by atoms with E-state index in [1.54, 1.807) is 18.4 Å². The molecule has 0 saturated carbocycles. The Labute approximate surface area is 163 Å². The van der Waals surface area contributed by atoms with Crippen molar-refractivity contribution in [3.05, 3.63) is 33.7 Å². The number of ether oxygens (including phenoxy) is 1. The van der Waals surface area contributed by atoms with E-state index < -0.39 is 29.7 Å². The minimum atomic E-state index is -1.14. The zero-order valence-corrected chi connectivity index (χ0v) is 16.0. The van der Waals surface area contributed by atoms with Gasteiger partial charge in [0.25, 0.3) is 0 Å². The molecule has 1 fully saturated rings. The first-order valence-corrected chi connectivity index (χ1v) is 10.1. The zero-order valence-electron chi connectivity index (χ0n) is 14.4. The van der Waals surface area contributed by atoms with Gasteiger partial charge < -0.3 is 15.6 Å². The first kappa shape index (κ1) is 19.4. The lowest BCUT2D eigenvalue weighted by molar-refractivity contribution is -0.159. The summed E-state index contributed by atoms with van der Waals surface area (Å²) in [6, 6.07) is 1.75. The number of nitrogens with zero attached hydrogens (tertiary/aromatic N) is 1. The van der Waals surface area contributed by atoms with Gasteiger partial charge in [0.05, 0.1) is 17.7 Å². The molecule has 1 aromatic heterocycles. The van der Waals surface area contributed by atoms with Crippen molar-refractivity contribution in [1.82, 2.24) is 4.90 Å². The summed E-state index contributed by atoms with van der Waals surface area (Å²) in [5.41, 5.74) is 5.98. The second-order valence-electron chi connectivity index (χ2n) is 6.23. The fourth-order valence-electron chi connectivity index (χ4n) is 3.03. The standard InChI is InChI=1S/C17H18N2O6S2/c1-8(14(18)21)13-9(2-4-26-13)6-12(20)25-7-10-15(22)19-11(17(23)24)3-5-27-16(10)19/h2-4,8,10,16H,5-7H2,1H3,(H2,18,21)(H,23,24)/t8?,10?,16-/m0/s1. The number of rotatable bonds is 7. The SMILES string of the molecule is CC(C(N)=O)c1sccc1CC(=O)OCC1C(=O)N2C(C(=O)O)=CCS[C@@H]12. The first-order chi connectivity index (χ1) is 12.8. The average molecular weight is 410 g/mol. The summed E-state index contributed by atoms with van der Waals surface area (Å²) in [6.45, 7) is 1.59. The molecule has 1 saturated heterocycles. The maximum atomic E-state index is 12.2. The van der Waals surface area contributed by atoms with E-state index in [4.69, 9.17) is 15.6 Å². The summed E-state index contributed by atoms with van der Waals surface area (Å²) in [5, 5.41) is 10.6. The van der Waals surface area contributed by atoms with Crippen molar-refractivity contribution in [2.75, 3.05) is 12.4 Å². The molecule has 0 radical (unpaired) electrons. The van der Waals surface area contributed by atoms with Gasteiger partial charge in [0.15, 0.2) is 0 Å². The number of fused-ring (bicyclic) bond motifs is 1. The molecule has 0 spiro atoms. The zero-order chi connectivity index (χ0) is 19.7. The number of aliphatic carboxylic acids is 1. The molecule has 0 aromatic carbocycles. The van der Waals surface area contributed by atoms with Crippen LogP contribution in [0.25, 0.3) is 0 Å². The number of amides is 2. The second kappa shape index (κ2) is 7.73. The van der Waals surface area contributed by atoms with Crippen molar-refractivity contribution in [3.63, 3.8) is 0 Å². The number of thioether (sulfide) groups is 1. The van der Waals surface area contributed by atoms with Crippen molar-refractivity contribution in [1.29, 1.82) is 0 Å². The van der Waals surface area contributed by atoms with Crippen molar-refractivity contribution in [2.24, 2.45) is 11.7 Å². The third kappa shape index (κ3) is 3.72. The van der Waals surface area contributed by atoms with Crippen LogP contribution in [-0.2, 0) is 30.3 Å². The van der Waals surface area contributed by atoms with E-state index in [0.717, 1.165) is 4.88 Å². The van der Waals surface area contributed by atoms with E-state index in [9.17, 15) is 19.2 Å². The van der Waals surface area contributed by atoms with E-state index in [1.807, 2.05) is 0 Å². The van der Waals surface area contributed by atoms with Crippen LogP contribution in [0, 0.1) is 5.92 Å². The van der Waals surface area contributed by atoms with Crippen LogP contribution >= 0.6 is 23.1 Å². The largest absolute Gasteiger partial charge is 0.477 e. The Balaban J connectivity index is 1.56. The summed E-state index contributed by atoms with van der Waals surface area (Å²) in [7, 11) is 0. The number of esters is 1. The van der Waals surface area contributed by atoms with E-state index >= 15 is 0 Å². The molecule has 8 nitrogen and oxygen atoms in total. The number of carboxylic acids is 1. The summed E-state index contributed by atoms with van der Waals surface area (Å²) < 4.78 is 5.25. The van der Waals surface area contributed by atoms with Crippen LogP contribution in [0.3, 0.4) is 0 Å². The van der Waals surface area contributed by atoms with Crippen LogP contribution in [0.4, 0.5) is 0 Å². The molecule has 10 heteroatoms. The van der Waals surface area contributed by atoms with Gasteiger partial charge in [-0.25, -0.2) is 4.79 Å². The Kier molecular flexibility index (Phi) is 5.56. The molecule has 1 aromatic rings. The van der Waals surface area contributed by atoms with Crippen molar-refractivity contribution in [3.8, 4) is 0 Å². The van der Waals surface area contributed by atoms with Crippen molar-refractivity contribution < 1.29 is 29.0 Å². The summed E-state index contributed by atoms with van der Waals surface area (Å²) in [6.07, 6.45) is 1.49. The van der Waals surface area contributed by atoms with Gasteiger partial charge in [0.2, 0.25) is 11.8 Å². The van der Waals surface area contributed by atoms with E-state index in [1.165, 1.54) is 34.1 Å². The Morgan fingerprint density at radius 1 is 1.44 bits per heavy atom. The molecule has 2 amide bonds. The second-order valence-corrected chi connectivity index (χ2v) is 8.32. The summed E-state index contributed by atoms with van der Waals surface area (Å²) >= 11 is 2.79. The minimum absolute atomic E-state index is 0.0147. The molecule has 2 unspecified atom stereocenters. The smallest absolute Gasteiger partial charge is 0.352 e. The number of nitrogens with two attached hydrogens (primary N) is 1. The van der Waals surface area contributed by atoms with E-state index in [2.05, 4.69) is 0 Å². The van der Waals surface area contributed by atoms with Crippen molar-refractivity contribution >= 4 is 46.9 Å². The number of β-lactam (4-membered cyclic amide) rings is 1. The number of carbonyl (C=O) groups excluding carboxylic acids is 3. The molecule has 3 atom stereocenters. The molecular weight excluding hydrogens is 392 g/mol. The molecule has 27 heavy (non-hydrogen) atoms. The van der Waals surface area contributed by atoms with Gasteiger partial charge in [-0.1, -0.05) is 0 Å². The number of thiophene rings is 1. The summed E-state index contributed by atoms with van der Waals surface area (Å²) in [4.78, 5) is 48.9. The fourth-order valence-corrected chi connectivity index (χ4v) is 5.27. The third-order valence-corrected chi connectivity index (χ3v) is 6.92. The maximum Gasteiger partial charge on any atom is 0.352 e. The molecular formula is C17H18N2O6S2. The first-order valence-electron chi connectivity index (χ1n) is 8.20. The van der Waals surface area contributed by atoms with Crippen LogP contribution in [-0.4, -0.2) is 51.5 Å². The van der Waals surface area contributed by atoms with Crippen LogP contribution in [0.15, 0.2) is 23.2 Å². The monoisotopic (exact) mass is 410 g/mol. The van der Waals surface area contributed by atoms with Crippen LogP contribution < -0.4 is 5.73 Å². The highest BCUT2D eigenvalue weighted by atomic mass is 32.2. The quantitative estimate of drug-likeness (QED) is 0.505. The Morgan fingerprint density at radius 2 is 2.19 bits per heavy atom. The number of carbonyl (C=O) groups is 4. The third-order valence-electron chi connectivity index (χ3n) is 4.54. The van der Waals surface area contributed by atoms with Gasteiger partial charge >= 0.3 is 11.9 Å². The lowest BCUT2D eigenvalue weighted by Crippen LogP contribution is -2.62. The van der Waals surface area contributed by atoms with Gasteiger partial charge in [0, 0.05) is 10.6 Å². The van der Waals surface area contributed by atoms with Gasteiger partial charge in [-0.3, -0.25) is 19.3 Å². The molecule has 2 aliphatic rings. The molecule has 3 heterocycles. The highest BCUT2D eigenvalue weighted by Gasteiger charge is 2.52. The van der Waals surface area contributed by atoms with Gasteiger partial charge in [-0.05, 0) is 30.0 Å². The normalized spacial score (nSPS) is 22.3. The highest BCUT2D eigenvalue weighted by Crippen LogP contribution is 2.41. The minimum Gasteiger partial charge on any atom is -0.477 e. The van der Waals surface area contributed by atoms with E-state index in [0.29, 0.717) is 11.3 Å². The van der Waals surface area contributed by atoms with E-state index in [-0.39, 0.29) is 30.0 Å². The number of hydrogen-bond donors (Lipinski definition) is 2. The van der Waals surface area contributed by atoms with Gasteiger partial charge in [-0.2, -0.15) is 0 Å². The fraction of sp³-hybridized carbons (Fsp3) is 0.412. The molecule has 3 N–H and O–H groups in total. The number of primary amides is 1. The highest BCUT2D eigenvalue weighted by molar-refractivity contribution is 8.00. The lowest BCUT2D eigenvalue weighted by Gasteiger charge is -2.47. The topological polar surface area (TPSA) is 127 Å². The Morgan fingerprint density at radius 3 is 2.85 bits per heavy atom. The maximum absolute atomic E-state index is 12.2. The molecule has 2 aliphatic heterocycles. The van der Waals surface area contributed by atoms with Gasteiger partial charge in [-0.15, -0.1) is 23.1 Å². The number of carboxylic acid groups (broad SMARTS) is 1. The van der Waals surface area contributed by atoms with Gasteiger partial charge in [0.1, 0.15) is 18.2 Å². The predicted molar refractivity (Wildman–Crippen MR) is 98.9 cm³/mol. The van der Waals surface area contributed by atoms with Crippen LogP contribution in [0.5, 0.6) is 0 Å². The predicted octanol–water partition coefficient (Wildman–Crippen LogP) is 0.922. The molecule has 3 rings (SSSR count). The average Bonchev–Trinajstić information content (AvgIpc) is 3.07. The molecule has 0 bridgehead atoms. The molecule has 0 aliphatic carbocycles.